The molecule has 0 aliphatic carbocycles. The molecule has 1 aromatic carbocycles. The van der Waals surface area contributed by atoms with Crippen LogP contribution in [0.1, 0.15) is 43.4 Å². The maximum atomic E-state index is 13.0. The van der Waals surface area contributed by atoms with Crippen LogP contribution in [0.5, 0.6) is 0 Å². The van der Waals surface area contributed by atoms with Gasteiger partial charge in [-0.3, -0.25) is 4.79 Å². The first-order valence-electron chi connectivity index (χ1n) is 10.1. The second-order valence-electron chi connectivity index (χ2n) is 8.12. The second-order valence-corrected chi connectivity index (χ2v) is 8.12. The lowest BCUT2D eigenvalue weighted by molar-refractivity contribution is -0.132. The van der Waals surface area contributed by atoms with E-state index in [2.05, 4.69) is 59.5 Å². The lowest BCUT2D eigenvalue weighted by Crippen LogP contribution is -2.44. The van der Waals surface area contributed by atoms with Gasteiger partial charge in [0.05, 0.1) is 0 Å². The monoisotopic (exact) mass is 353 g/mol. The number of nitrogens with zero attached hydrogens (tertiary/aromatic N) is 3. The summed E-state index contributed by atoms with van der Waals surface area (Å²) in [6.07, 6.45) is 5.42. The molecule has 2 aromatic rings. The first-order chi connectivity index (χ1) is 12.6. The molecule has 0 unspecified atom stereocenters. The fourth-order valence-corrected chi connectivity index (χ4v) is 5.13. The molecular formula is C22H31N3O. The Labute approximate surface area is 156 Å². The third-order valence-corrected chi connectivity index (χ3v) is 6.75. The molecule has 2 fully saturated rings. The fraction of sp³-hybridized carbons (Fsp3) is 0.591. The largest absolute Gasteiger partial charge is 0.344 e. The summed E-state index contributed by atoms with van der Waals surface area (Å²) in [5, 5.41) is 1.31. The van der Waals surface area contributed by atoms with E-state index in [0.717, 1.165) is 19.5 Å². The number of benzene rings is 1. The summed E-state index contributed by atoms with van der Waals surface area (Å²) < 4.78 is 2.33. The number of likely N-dealkylation sites (N-methyl/N-ethyl adjacent to an activating group) is 1. The smallest absolute Gasteiger partial charge is 0.224 e. The van der Waals surface area contributed by atoms with Crippen molar-refractivity contribution >= 4 is 16.8 Å². The van der Waals surface area contributed by atoms with Gasteiger partial charge in [0.1, 0.15) is 0 Å². The molecule has 2 aliphatic heterocycles. The number of rotatable bonds is 3. The van der Waals surface area contributed by atoms with E-state index >= 15 is 0 Å². The molecular weight excluding hydrogens is 322 g/mol. The van der Waals surface area contributed by atoms with Crippen molar-refractivity contribution in [3.63, 3.8) is 0 Å². The van der Waals surface area contributed by atoms with Crippen molar-refractivity contribution < 1.29 is 4.79 Å². The molecule has 4 nitrogen and oxygen atoms in total. The number of carbonyl (C=O) groups excluding carboxylic acids is 1. The molecule has 0 radical (unpaired) electrons. The van der Waals surface area contributed by atoms with E-state index in [1.54, 1.807) is 0 Å². The summed E-state index contributed by atoms with van der Waals surface area (Å²) in [7, 11) is 2.23. The van der Waals surface area contributed by atoms with Gasteiger partial charge in [-0.05, 0) is 58.3 Å². The highest BCUT2D eigenvalue weighted by atomic mass is 16.2. The Bertz CT molecular complexity index is 809. The molecule has 4 heteroatoms. The van der Waals surface area contributed by atoms with Crippen molar-refractivity contribution in [1.82, 2.24) is 14.4 Å². The number of aryl methyl sites for hydroxylation is 2. The normalized spacial score (nSPS) is 24.0. The zero-order chi connectivity index (χ0) is 18.3. The zero-order valence-electron chi connectivity index (χ0n) is 16.4. The summed E-state index contributed by atoms with van der Waals surface area (Å²) in [4.78, 5) is 17.7. The summed E-state index contributed by atoms with van der Waals surface area (Å²) in [5.74, 6) is 0.336. The first kappa shape index (κ1) is 17.6. The SMILES string of the molecule is Cc1c(C)n(CCC(=O)N2CC[C@H]3[C@@H]2CCCCN3C)c2ccccc12. The van der Waals surface area contributed by atoms with Crippen molar-refractivity contribution in [3.05, 3.63) is 35.5 Å². The number of aromatic nitrogens is 1. The van der Waals surface area contributed by atoms with Crippen molar-refractivity contribution in [3.8, 4) is 0 Å². The first-order valence-corrected chi connectivity index (χ1v) is 10.1. The average molecular weight is 354 g/mol. The minimum atomic E-state index is 0.336. The van der Waals surface area contributed by atoms with Gasteiger partial charge >= 0.3 is 0 Å². The van der Waals surface area contributed by atoms with Crippen molar-refractivity contribution in [2.45, 2.75) is 64.6 Å². The van der Waals surface area contributed by atoms with Crippen LogP contribution in [0.2, 0.25) is 0 Å². The van der Waals surface area contributed by atoms with Crippen LogP contribution in [0.3, 0.4) is 0 Å². The molecule has 0 saturated carbocycles. The van der Waals surface area contributed by atoms with Crippen LogP contribution in [-0.2, 0) is 11.3 Å². The van der Waals surface area contributed by atoms with Crippen LogP contribution < -0.4 is 0 Å². The van der Waals surface area contributed by atoms with E-state index < -0.39 is 0 Å². The summed E-state index contributed by atoms with van der Waals surface area (Å²) in [5.41, 5.74) is 3.87. The van der Waals surface area contributed by atoms with Gasteiger partial charge < -0.3 is 14.4 Å². The van der Waals surface area contributed by atoms with Crippen molar-refractivity contribution in [2.75, 3.05) is 20.1 Å². The summed E-state index contributed by atoms with van der Waals surface area (Å²) in [6, 6.07) is 9.54. The van der Waals surface area contributed by atoms with Gasteiger partial charge in [-0.15, -0.1) is 0 Å². The molecule has 2 saturated heterocycles. The van der Waals surface area contributed by atoms with Crippen LogP contribution in [0, 0.1) is 13.8 Å². The number of para-hydroxylation sites is 1. The highest BCUT2D eigenvalue weighted by Crippen LogP contribution is 2.30. The van der Waals surface area contributed by atoms with Gasteiger partial charge in [0.15, 0.2) is 0 Å². The predicted octanol–water partition coefficient (Wildman–Crippen LogP) is 3.73. The average Bonchev–Trinajstić information content (AvgIpc) is 3.11. The molecule has 4 rings (SSSR count). The lowest BCUT2D eigenvalue weighted by atomic mass is 10.0. The molecule has 0 spiro atoms. The number of carbonyl (C=O) groups is 1. The number of likely N-dealkylation sites (tertiary alicyclic amines) is 2. The van der Waals surface area contributed by atoms with Crippen LogP contribution in [-0.4, -0.2) is 52.5 Å². The van der Waals surface area contributed by atoms with Gasteiger partial charge in [-0.2, -0.15) is 0 Å². The third kappa shape index (κ3) is 2.94. The molecule has 1 amide bonds. The van der Waals surface area contributed by atoms with Gasteiger partial charge in [0.25, 0.3) is 0 Å². The van der Waals surface area contributed by atoms with E-state index in [1.807, 2.05) is 0 Å². The Morgan fingerprint density at radius 3 is 2.73 bits per heavy atom. The Kier molecular flexibility index (Phi) is 4.78. The Balaban J connectivity index is 1.49. The molecule has 2 aliphatic rings. The topological polar surface area (TPSA) is 28.5 Å². The van der Waals surface area contributed by atoms with Gasteiger partial charge in [0.2, 0.25) is 5.91 Å². The number of hydrogen-bond donors (Lipinski definition) is 0. The van der Waals surface area contributed by atoms with E-state index in [9.17, 15) is 4.79 Å². The third-order valence-electron chi connectivity index (χ3n) is 6.75. The van der Waals surface area contributed by atoms with Crippen LogP contribution in [0.25, 0.3) is 10.9 Å². The molecule has 0 N–H and O–H groups in total. The summed E-state index contributed by atoms with van der Waals surface area (Å²) >= 11 is 0. The second kappa shape index (κ2) is 7.07. The van der Waals surface area contributed by atoms with Gasteiger partial charge in [-0.1, -0.05) is 24.6 Å². The molecule has 2 atom stereocenters. The van der Waals surface area contributed by atoms with E-state index in [1.165, 1.54) is 48.0 Å². The molecule has 1 aromatic heterocycles. The number of amides is 1. The van der Waals surface area contributed by atoms with E-state index in [-0.39, 0.29) is 0 Å². The quantitative estimate of drug-likeness (QED) is 0.841. The molecule has 3 heterocycles. The minimum absolute atomic E-state index is 0.336. The number of hydrogen-bond acceptors (Lipinski definition) is 2. The maximum absolute atomic E-state index is 13.0. The van der Waals surface area contributed by atoms with E-state index in [4.69, 9.17) is 0 Å². The fourth-order valence-electron chi connectivity index (χ4n) is 5.13. The Morgan fingerprint density at radius 2 is 1.88 bits per heavy atom. The lowest BCUT2D eigenvalue weighted by Gasteiger charge is -2.30. The van der Waals surface area contributed by atoms with Crippen LogP contribution in [0.4, 0.5) is 0 Å². The predicted molar refractivity (Wildman–Crippen MR) is 106 cm³/mol. The van der Waals surface area contributed by atoms with Crippen molar-refractivity contribution in [2.24, 2.45) is 0 Å². The highest BCUT2D eigenvalue weighted by molar-refractivity contribution is 5.85. The van der Waals surface area contributed by atoms with Crippen LogP contribution >= 0.6 is 0 Å². The standard InChI is InChI=1S/C22H31N3O/c1-16-17(2)24(19-9-5-4-8-18(16)19)15-12-22(26)25-14-11-20-21(25)10-6-7-13-23(20)3/h4-5,8-9,20-21H,6-7,10-15H2,1-3H3/t20-,21-/m0/s1. The number of fused-ring (bicyclic) bond motifs is 2. The summed E-state index contributed by atoms with van der Waals surface area (Å²) in [6.45, 7) is 7.25. The Morgan fingerprint density at radius 1 is 1.08 bits per heavy atom. The van der Waals surface area contributed by atoms with Crippen molar-refractivity contribution in [1.29, 1.82) is 0 Å². The molecule has 140 valence electrons. The molecule has 0 bridgehead atoms. The molecule has 26 heavy (non-hydrogen) atoms. The van der Waals surface area contributed by atoms with Crippen LogP contribution in [0.15, 0.2) is 24.3 Å². The van der Waals surface area contributed by atoms with Gasteiger partial charge in [0, 0.05) is 48.2 Å². The maximum Gasteiger partial charge on any atom is 0.224 e. The highest BCUT2D eigenvalue weighted by Gasteiger charge is 2.39. The van der Waals surface area contributed by atoms with E-state index in [0.29, 0.717) is 24.4 Å². The zero-order valence-corrected chi connectivity index (χ0v) is 16.4. The van der Waals surface area contributed by atoms with Gasteiger partial charge in [-0.25, -0.2) is 0 Å². The minimum Gasteiger partial charge on any atom is -0.344 e. The Hall–Kier alpha value is -1.81.